The number of aliphatic hydroxyl groups is 7. The topological polar surface area (TPSA) is 189 Å². The number of hydrogen-bond donors (Lipinski definition) is 8. The van der Waals surface area contributed by atoms with E-state index in [0.29, 0.717) is 19.3 Å². The third kappa shape index (κ3) is 40.9. The van der Waals surface area contributed by atoms with Crippen molar-refractivity contribution < 1.29 is 50.0 Å². The minimum atomic E-state index is -1.68. The molecule has 0 aromatic rings. The molecule has 0 spiro atoms. The number of hydrogen-bond acceptors (Lipinski definition) is 10. The van der Waals surface area contributed by atoms with Gasteiger partial charge in [0.1, 0.15) is 36.6 Å². The number of carbonyl (C=O) groups excluding carboxylic acids is 1. The van der Waals surface area contributed by atoms with E-state index in [1.54, 1.807) is 0 Å². The van der Waals surface area contributed by atoms with Gasteiger partial charge in [-0.25, -0.2) is 0 Å². The molecule has 9 atom stereocenters. The Kier molecular flexibility index (Phi) is 50.5. The van der Waals surface area contributed by atoms with Crippen molar-refractivity contribution in [2.75, 3.05) is 13.2 Å². The second kappa shape index (κ2) is 53.5. The minimum absolute atomic E-state index is 0.239. The summed E-state index contributed by atoms with van der Waals surface area (Å²) in [5.74, 6) is -0.713. The lowest BCUT2D eigenvalue weighted by Crippen LogP contribution is -2.60. The lowest BCUT2D eigenvalue weighted by atomic mass is 9.98. The summed E-state index contributed by atoms with van der Waals surface area (Å²) in [5, 5.41) is 76.3. The molecular formula is C65H119NO10. The third-order valence-corrected chi connectivity index (χ3v) is 15.0. The van der Waals surface area contributed by atoms with Crippen LogP contribution in [0.2, 0.25) is 0 Å². The molecule has 0 aromatic carbocycles. The summed E-state index contributed by atoms with van der Waals surface area (Å²) in [6.45, 7) is 3.45. The van der Waals surface area contributed by atoms with Gasteiger partial charge in [-0.3, -0.25) is 4.79 Å². The van der Waals surface area contributed by atoms with Crippen LogP contribution < -0.4 is 5.32 Å². The van der Waals surface area contributed by atoms with Gasteiger partial charge >= 0.3 is 0 Å². The van der Waals surface area contributed by atoms with Gasteiger partial charge in [-0.05, 0) is 96.3 Å². The van der Waals surface area contributed by atoms with Gasteiger partial charge in [0, 0.05) is 0 Å². The molecule has 1 aliphatic heterocycles. The normalized spacial score (nSPS) is 20.0. The Morgan fingerprint density at radius 3 is 1.25 bits per heavy atom. The molecular weight excluding hydrogens is 955 g/mol. The zero-order valence-corrected chi connectivity index (χ0v) is 48.7. The van der Waals surface area contributed by atoms with Crippen molar-refractivity contribution in [3.63, 3.8) is 0 Å². The van der Waals surface area contributed by atoms with Crippen LogP contribution in [0.15, 0.2) is 60.8 Å². The first-order valence-electron chi connectivity index (χ1n) is 31.7. The molecule has 9 unspecified atom stereocenters. The molecule has 11 heteroatoms. The Labute approximate surface area is 465 Å². The summed E-state index contributed by atoms with van der Waals surface area (Å²) in [6, 6.07) is -1.20. The van der Waals surface area contributed by atoms with Gasteiger partial charge in [-0.15, -0.1) is 0 Å². The summed E-state index contributed by atoms with van der Waals surface area (Å²) in [5.41, 5.74) is 0. The maximum Gasteiger partial charge on any atom is 0.249 e. The monoisotopic (exact) mass is 1070 g/mol. The fourth-order valence-electron chi connectivity index (χ4n) is 9.86. The van der Waals surface area contributed by atoms with Crippen LogP contribution in [-0.4, -0.2) is 110 Å². The quantitative estimate of drug-likeness (QED) is 0.0215. The maximum absolute atomic E-state index is 13.2. The number of amides is 1. The first-order chi connectivity index (χ1) is 37.2. The highest BCUT2D eigenvalue weighted by atomic mass is 16.7. The van der Waals surface area contributed by atoms with Crippen LogP contribution >= 0.6 is 0 Å². The van der Waals surface area contributed by atoms with Crippen LogP contribution in [0.1, 0.15) is 277 Å². The number of aliphatic hydroxyl groups excluding tert-OH is 7. The molecule has 1 amide bonds. The molecule has 0 saturated carbocycles. The summed E-state index contributed by atoms with van der Waals surface area (Å²) in [7, 11) is 0. The number of unbranched alkanes of at least 4 members (excludes halogenated alkanes) is 32. The Balaban J connectivity index is 2.29. The molecule has 0 aromatic heterocycles. The van der Waals surface area contributed by atoms with Gasteiger partial charge in [0.05, 0.1) is 25.4 Å². The van der Waals surface area contributed by atoms with Gasteiger partial charge in [-0.1, -0.05) is 242 Å². The molecule has 1 heterocycles. The van der Waals surface area contributed by atoms with Gasteiger partial charge in [0.2, 0.25) is 5.91 Å². The Hall–Kier alpha value is -2.19. The molecule has 0 aliphatic carbocycles. The number of ether oxygens (including phenoxy) is 2. The van der Waals surface area contributed by atoms with Crippen molar-refractivity contribution in [3.8, 4) is 0 Å². The summed E-state index contributed by atoms with van der Waals surface area (Å²) in [6.07, 6.45) is 58.5. The Bertz CT molecular complexity index is 1420. The second-order valence-corrected chi connectivity index (χ2v) is 22.1. The predicted octanol–water partition coefficient (Wildman–Crippen LogP) is 14.2. The van der Waals surface area contributed by atoms with E-state index >= 15 is 0 Å². The number of rotatable bonds is 54. The van der Waals surface area contributed by atoms with Crippen molar-refractivity contribution in [1.29, 1.82) is 0 Å². The van der Waals surface area contributed by atoms with Crippen molar-refractivity contribution in [2.45, 2.75) is 332 Å². The molecule has 444 valence electrons. The van der Waals surface area contributed by atoms with Crippen molar-refractivity contribution in [3.05, 3.63) is 60.8 Å². The molecule has 1 saturated heterocycles. The van der Waals surface area contributed by atoms with Gasteiger partial charge in [0.15, 0.2) is 6.29 Å². The Morgan fingerprint density at radius 2 is 0.829 bits per heavy atom. The van der Waals surface area contributed by atoms with Crippen LogP contribution in [0.5, 0.6) is 0 Å². The van der Waals surface area contributed by atoms with Crippen LogP contribution in [0, 0.1) is 0 Å². The fraction of sp³-hybridized carbons (Fsp3) is 0.831. The number of carbonyl (C=O) groups is 1. The second-order valence-electron chi connectivity index (χ2n) is 22.1. The lowest BCUT2D eigenvalue weighted by Gasteiger charge is -2.40. The summed E-state index contributed by atoms with van der Waals surface area (Å²) < 4.78 is 11.1. The standard InChI is InChI=1S/C65H119NO10/c1-3-5-7-9-11-13-15-17-19-21-23-25-26-27-28-29-30-31-33-35-37-39-41-43-45-47-49-51-53-58(69)64(74)66-56(55-75-65-63(73)62(72)61(71)59(54-67)76-65)60(70)57(68)52-50-48-46-44-42-40-38-36-34-32-24-22-20-18-16-14-12-10-8-6-4-2/h22-25,27-28,36,38,44,46,56-63,65,67-73H,3-21,26,29-35,37,39-43,45,47-55H2,1-2H3,(H,66,74)/b24-22+,25-23-,28-27-,38-36+,46-44+. The van der Waals surface area contributed by atoms with E-state index in [0.717, 1.165) is 51.4 Å². The Morgan fingerprint density at radius 1 is 0.461 bits per heavy atom. The molecule has 1 aliphatic rings. The van der Waals surface area contributed by atoms with Crippen LogP contribution in [0.25, 0.3) is 0 Å². The van der Waals surface area contributed by atoms with Crippen molar-refractivity contribution in [2.24, 2.45) is 0 Å². The van der Waals surface area contributed by atoms with E-state index < -0.39 is 74.2 Å². The average Bonchev–Trinajstić information content (AvgIpc) is 3.42. The van der Waals surface area contributed by atoms with E-state index in [1.165, 1.54) is 180 Å². The van der Waals surface area contributed by atoms with E-state index in [-0.39, 0.29) is 12.8 Å². The molecule has 76 heavy (non-hydrogen) atoms. The summed E-state index contributed by atoms with van der Waals surface area (Å²) >= 11 is 0. The largest absolute Gasteiger partial charge is 0.394 e. The molecule has 0 bridgehead atoms. The molecule has 1 rings (SSSR count). The highest BCUT2D eigenvalue weighted by Crippen LogP contribution is 2.23. The molecule has 11 nitrogen and oxygen atoms in total. The third-order valence-electron chi connectivity index (χ3n) is 15.0. The van der Waals surface area contributed by atoms with Crippen LogP contribution in [0.3, 0.4) is 0 Å². The minimum Gasteiger partial charge on any atom is -0.394 e. The van der Waals surface area contributed by atoms with Crippen molar-refractivity contribution in [1.82, 2.24) is 5.32 Å². The predicted molar refractivity (Wildman–Crippen MR) is 316 cm³/mol. The van der Waals surface area contributed by atoms with E-state index in [4.69, 9.17) is 9.47 Å². The fourth-order valence-corrected chi connectivity index (χ4v) is 9.86. The van der Waals surface area contributed by atoms with E-state index in [2.05, 4.69) is 79.9 Å². The molecule has 8 N–H and O–H groups in total. The van der Waals surface area contributed by atoms with Crippen LogP contribution in [-0.2, 0) is 14.3 Å². The first-order valence-corrected chi connectivity index (χ1v) is 31.7. The first kappa shape index (κ1) is 71.8. The van der Waals surface area contributed by atoms with E-state index in [1.807, 2.05) is 0 Å². The van der Waals surface area contributed by atoms with Gasteiger partial charge in [0.25, 0.3) is 0 Å². The van der Waals surface area contributed by atoms with Crippen molar-refractivity contribution >= 4 is 5.91 Å². The maximum atomic E-state index is 13.2. The van der Waals surface area contributed by atoms with Gasteiger partial charge in [-0.2, -0.15) is 0 Å². The highest BCUT2D eigenvalue weighted by molar-refractivity contribution is 5.80. The number of nitrogens with one attached hydrogen (secondary N) is 1. The SMILES string of the molecule is CCCCCCCCCC/C=C/CC/C=C/CC/C=C/CCCC(O)C(O)C(COC1OC(CO)C(O)C(O)C1O)NC(=O)C(O)CCCCCCCCCCCCCC/C=C\C/C=C\CCCCCCCCCCC. The van der Waals surface area contributed by atoms with E-state index in [9.17, 15) is 40.5 Å². The number of allylic oxidation sites excluding steroid dienone is 10. The zero-order chi connectivity index (χ0) is 55.4. The zero-order valence-electron chi connectivity index (χ0n) is 48.7. The molecule has 0 radical (unpaired) electrons. The average molecular weight is 1070 g/mol. The highest BCUT2D eigenvalue weighted by Gasteiger charge is 2.44. The van der Waals surface area contributed by atoms with Crippen LogP contribution in [0.4, 0.5) is 0 Å². The smallest absolute Gasteiger partial charge is 0.249 e. The summed E-state index contributed by atoms with van der Waals surface area (Å²) in [4.78, 5) is 13.2. The lowest BCUT2D eigenvalue weighted by molar-refractivity contribution is -0.303. The molecule has 1 fully saturated rings. The van der Waals surface area contributed by atoms with Gasteiger partial charge < -0.3 is 50.5 Å².